The topological polar surface area (TPSA) is 84.1 Å². The van der Waals surface area contributed by atoms with Crippen LogP contribution < -0.4 is 16.2 Å². The Morgan fingerprint density at radius 2 is 2.06 bits per heavy atom. The van der Waals surface area contributed by atoms with Crippen LogP contribution in [0.3, 0.4) is 0 Å². The first-order valence-electron chi connectivity index (χ1n) is 5.99. The van der Waals surface area contributed by atoms with E-state index in [9.17, 15) is 4.79 Å². The number of thioether (sulfide) groups is 1. The van der Waals surface area contributed by atoms with Gasteiger partial charge in [-0.15, -0.1) is 0 Å². The molecule has 6 nitrogen and oxygen atoms in total. The molecule has 7 heteroatoms. The number of hydrogen-bond donors (Lipinski definition) is 2. The van der Waals surface area contributed by atoms with E-state index in [1.54, 1.807) is 12.4 Å². The van der Waals surface area contributed by atoms with Crippen LogP contribution >= 0.6 is 11.8 Å². The summed E-state index contributed by atoms with van der Waals surface area (Å²) in [4.78, 5) is 22.1. The summed E-state index contributed by atoms with van der Waals surface area (Å²) < 4.78 is 0. The predicted molar refractivity (Wildman–Crippen MR) is 71.2 cm³/mol. The molecule has 1 saturated heterocycles. The first-order valence-corrected chi connectivity index (χ1v) is 6.98. The zero-order chi connectivity index (χ0) is 12.8. The van der Waals surface area contributed by atoms with Crippen LogP contribution in [0.4, 0.5) is 5.82 Å². The lowest BCUT2D eigenvalue weighted by Gasteiger charge is -2.28. The Morgan fingerprint density at radius 1 is 1.33 bits per heavy atom. The molecule has 0 radical (unpaired) electrons. The number of hydrazine groups is 1. The van der Waals surface area contributed by atoms with Crippen molar-refractivity contribution in [2.75, 3.05) is 23.7 Å². The van der Waals surface area contributed by atoms with Crippen LogP contribution in [0, 0.1) is 0 Å². The molecule has 0 atom stereocenters. The molecule has 1 aliphatic heterocycles. The van der Waals surface area contributed by atoms with Gasteiger partial charge in [0.25, 0.3) is 0 Å². The molecule has 98 valence electrons. The highest BCUT2D eigenvalue weighted by Crippen LogP contribution is 2.27. The standard InChI is InChI=1S/C11H17N5OS/c12-15-9(17)8-18-11-10(13-4-5-14-11)16-6-2-1-3-7-16/h4-5H,1-3,6-8,12H2,(H,15,17). The minimum Gasteiger partial charge on any atom is -0.354 e. The van der Waals surface area contributed by atoms with Gasteiger partial charge in [-0.2, -0.15) is 0 Å². The van der Waals surface area contributed by atoms with E-state index in [1.165, 1.54) is 31.0 Å². The summed E-state index contributed by atoms with van der Waals surface area (Å²) >= 11 is 1.37. The second kappa shape index (κ2) is 6.55. The molecule has 0 unspecified atom stereocenters. The third kappa shape index (κ3) is 3.33. The van der Waals surface area contributed by atoms with Crippen molar-refractivity contribution in [3.8, 4) is 0 Å². The fourth-order valence-corrected chi connectivity index (χ4v) is 2.72. The summed E-state index contributed by atoms with van der Waals surface area (Å²) in [6.07, 6.45) is 6.98. The van der Waals surface area contributed by atoms with Crippen molar-refractivity contribution in [1.82, 2.24) is 15.4 Å². The van der Waals surface area contributed by atoms with Crippen molar-refractivity contribution < 1.29 is 4.79 Å². The molecule has 1 aromatic rings. The quantitative estimate of drug-likeness (QED) is 0.359. The number of rotatable bonds is 4. The molecule has 1 amide bonds. The number of nitrogens with two attached hydrogens (primary N) is 1. The zero-order valence-electron chi connectivity index (χ0n) is 10.1. The number of carbonyl (C=O) groups is 1. The van der Waals surface area contributed by atoms with Gasteiger partial charge in [-0.3, -0.25) is 10.2 Å². The number of anilines is 1. The second-order valence-corrected chi connectivity index (χ2v) is 5.05. The van der Waals surface area contributed by atoms with E-state index in [0.29, 0.717) is 0 Å². The van der Waals surface area contributed by atoms with E-state index >= 15 is 0 Å². The summed E-state index contributed by atoms with van der Waals surface area (Å²) in [6, 6.07) is 0. The Bertz CT molecular complexity index is 408. The van der Waals surface area contributed by atoms with Gasteiger partial charge >= 0.3 is 0 Å². The maximum atomic E-state index is 11.2. The van der Waals surface area contributed by atoms with E-state index in [1.807, 2.05) is 0 Å². The molecule has 18 heavy (non-hydrogen) atoms. The van der Waals surface area contributed by atoms with Crippen molar-refractivity contribution in [2.24, 2.45) is 5.84 Å². The van der Waals surface area contributed by atoms with Crippen LogP contribution in [0.5, 0.6) is 0 Å². The van der Waals surface area contributed by atoms with Gasteiger partial charge in [-0.1, -0.05) is 11.8 Å². The molecular weight excluding hydrogens is 250 g/mol. The molecule has 0 aliphatic carbocycles. The van der Waals surface area contributed by atoms with Gasteiger partial charge in [0, 0.05) is 25.5 Å². The van der Waals surface area contributed by atoms with Crippen molar-refractivity contribution >= 4 is 23.5 Å². The number of piperidine rings is 1. The third-order valence-electron chi connectivity index (χ3n) is 2.80. The Balaban J connectivity index is 2.06. The first kappa shape index (κ1) is 13.1. The maximum absolute atomic E-state index is 11.2. The van der Waals surface area contributed by atoms with Gasteiger partial charge in [0.15, 0.2) is 5.82 Å². The average molecular weight is 267 g/mol. The molecule has 0 spiro atoms. The number of nitrogens with one attached hydrogen (secondary N) is 1. The largest absolute Gasteiger partial charge is 0.354 e. The highest BCUT2D eigenvalue weighted by molar-refractivity contribution is 8.00. The van der Waals surface area contributed by atoms with Crippen molar-refractivity contribution in [3.05, 3.63) is 12.4 Å². The Labute approximate surface area is 110 Å². The lowest BCUT2D eigenvalue weighted by molar-refractivity contribution is -0.118. The van der Waals surface area contributed by atoms with E-state index in [-0.39, 0.29) is 11.7 Å². The summed E-state index contributed by atoms with van der Waals surface area (Å²) in [6.45, 7) is 2.02. The summed E-state index contributed by atoms with van der Waals surface area (Å²) in [5, 5.41) is 0.794. The monoisotopic (exact) mass is 267 g/mol. The van der Waals surface area contributed by atoms with Crippen LogP contribution in [0.2, 0.25) is 0 Å². The molecular formula is C11H17N5OS. The first-order chi connectivity index (χ1) is 8.81. The van der Waals surface area contributed by atoms with Crippen LogP contribution in [-0.2, 0) is 4.79 Å². The summed E-state index contributed by atoms with van der Waals surface area (Å²) in [5.41, 5.74) is 2.11. The Morgan fingerprint density at radius 3 is 2.78 bits per heavy atom. The van der Waals surface area contributed by atoms with Crippen molar-refractivity contribution in [2.45, 2.75) is 24.3 Å². The number of amides is 1. The van der Waals surface area contributed by atoms with Crippen LogP contribution in [0.15, 0.2) is 17.4 Å². The molecule has 1 aliphatic rings. The zero-order valence-corrected chi connectivity index (χ0v) is 10.9. The molecule has 3 N–H and O–H groups in total. The molecule has 0 saturated carbocycles. The number of nitrogens with zero attached hydrogens (tertiary/aromatic N) is 3. The minimum absolute atomic E-state index is 0.213. The Kier molecular flexibility index (Phi) is 4.77. The molecule has 2 rings (SSSR count). The average Bonchev–Trinajstić information content (AvgIpc) is 2.46. The van der Waals surface area contributed by atoms with E-state index in [4.69, 9.17) is 5.84 Å². The molecule has 2 heterocycles. The number of hydrogen-bond acceptors (Lipinski definition) is 6. The fourth-order valence-electron chi connectivity index (χ4n) is 1.92. The fraction of sp³-hybridized carbons (Fsp3) is 0.545. The summed E-state index contributed by atoms with van der Waals surface area (Å²) in [5.74, 6) is 5.99. The van der Waals surface area contributed by atoms with Gasteiger partial charge < -0.3 is 4.90 Å². The lowest BCUT2D eigenvalue weighted by Crippen LogP contribution is -2.32. The van der Waals surface area contributed by atoms with Crippen LogP contribution in [0.25, 0.3) is 0 Å². The molecule has 0 bridgehead atoms. The minimum atomic E-state index is -0.213. The third-order valence-corrected chi connectivity index (χ3v) is 3.77. The number of carbonyl (C=O) groups excluding carboxylic acids is 1. The van der Waals surface area contributed by atoms with Gasteiger partial charge in [-0.05, 0) is 19.3 Å². The molecule has 1 aromatic heterocycles. The SMILES string of the molecule is NNC(=O)CSc1nccnc1N1CCCCC1. The smallest absolute Gasteiger partial charge is 0.244 e. The highest BCUT2D eigenvalue weighted by atomic mass is 32.2. The lowest BCUT2D eigenvalue weighted by atomic mass is 10.1. The maximum Gasteiger partial charge on any atom is 0.244 e. The normalized spacial score (nSPS) is 15.5. The van der Waals surface area contributed by atoms with Gasteiger partial charge in [0.1, 0.15) is 5.03 Å². The second-order valence-electron chi connectivity index (χ2n) is 4.09. The summed E-state index contributed by atoms with van der Waals surface area (Å²) in [7, 11) is 0. The van der Waals surface area contributed by atoms with Gasteiger partial charge in [0.2, 0.25) is 5.91 Å². The van der Waals surface area contributed by atoms with Crippen molar-refractivity contribution in [3.63, 3.8) is 0 Å². The van der Waals surface area contributed by atoms with E-state index in [0.717, 1.165) is 23.9 Å². The Hall–Kier alpha value is -1.34. The van der Waals surface area contributed by atoms with E-state index < -0.39 is 0 Å². The predicted octanol–water partition coefficient (Wildman–Crippen LogP) is 0.549. The van der Waals surface area contributed by atoms with Crippen LogP contribution in [-0.4, -0.2) is 34.7 Å². The number of aromatic nitrogens is 2. The van der Waals surface area contributed by atoms with Crippen molar-refractivity contribution in [1.29, 1.82) is 0 Å². The highest BCUT2D eigenvalue weighted by Gasteiger charge is 2.17. The van der Waals surface area contributed by atoms with Crippen LogP contribution in [0.1, 0.15) is 19.3 Å². The van der Waals surface area contributed by atoms with E-state index in [2.05, 4.69) is 20.3 Å². The van der Waals surface area contributed by atoms with Gasteiger partial charge in [0.05, 0.1) is 5.75 Å². The molecule has 1 fully saturated rings. The van der Waals surface area contributed by atoms with Gasteiger partial charge in [-0.25, -0.2) is 15.8 Å². The molecule has 0 aromatic carbocycles.